The fourth-order valence-electron chi connectivity index (χ4n) is 1.55. The summed E-state index contributed by atoms with van der Waals surface area (Å²) in [6.07, 6.45) is 1.13. The van der Waals surface area contributed by atoms with Crippen molar-refractivity contribution in [3.8, 4) is 11.8 Å². The number of hydrogen-bond acceptors (Lipinski definition) is 5. The SMILES string of the molecule is COc1cc(OC)nc(NC2CC2(C)C)n1. The fraction of sp³-hybridized carbons (Fsp3) is 0.636. The van der Waals surface area contributed by atoms with Crippen LogP contribution in [0.2, 0.25) is 0 Å². The van der Waals surface area contributed by atoms with Crippen molar-refractivity contribution >= 4 is 5.95 Å². The summed E-state index contributed by atoms with van der Waals surface area (Å²) in [5.74, 6) is 1.58. The summed E-state index contributed by atoms with van der Waals surface area (Å²) in [7, 11) is 3.15. The second kappa shape index (κ2) is 3.81. The number of methoxy groups -OCH3 is 2. The molecule has 2 rings (SSSR count). The molecule has 1 aliphatic rings. The molecule has 0 spiro atoms. The van der Waals surface area contributed by atoms with Gasteiger partial charge in [-0.1, -0.05) is 13.8 Å². The number of hydrogen-bond donors (Lipinski definition) is 1. The van der Waals surface area contributed by atoms with Gasteiger partial charge >= 0.3 is 0 Å². The van der Waals surface area contributed by atoms with E-state index in [-0.39, 0.29) is 0 Å². The minimum atomic E-state index is 0.333. The van der Waals surface area contributed by atoms with Crippen molar-refractivity contribution in [3.63, 3.8) is 0 Å². The maximum Gasteiger partial charge on any atom is 0.229 e. The van der Waals surface area contributed by atoms with Gasteiger partial charge in [0.15, 0.2) is 0 Å². The van der Waals surface area contributed by atoms with Crippen LogP contribution in [0.15, 0.2) is 6.07 Å². The van der Waals surface area contributed by atoms with E-state index in [4.69, 9.17) is 9.47 Å². The quantitative estimate of drug-likeness (QED) is 0.842. The summed E-state index contributed by atoms with van der Waals surface area (Å²) < 4.78 is 10.2. The maximum atomic E-state index is 5.08. The number of nitrogens with zero attached hydrogens (tertiary/aromatic N) is 2. The lowest BCUT2D eigenvalue weighted by atomic mass is 10.2. The highest BCUT2D eigenvalue weighted by Crippen LogP contribution is 2.46. The zero-order valence-corrected chi connectivity index (χ0v) is 10.1. The molecule has 0 amide bonds. The van der Waals surface area contributed by atoms with E-state index < -0.39 is 0 Å². The third kappa shape index (κ3) is 2.18. The van der Waals surface area contributed by atoms with Gasteiger partial charge in [-0.05, 0) is 11.8 Å². The number of anilines is 1. The highest BCUT2D eigenvalue weighted by atomic mass is 16.5. The predicted octanol–water partition coefficient (Wildman–Crippen LogP) is 1.70. The second-order valence-electron chi connectivity index (χ2n) is 4.67. The highest BCUT2D eigenvalue weighted by Gasteiger charge is 2.46. The van der Waals surface area contributed by atoms with Gasteiger partial charge in [-0.15, -0.1) is 0 Å². The van der Waals surface area contributed by atoms with Gasteiger partial charge in [0.1, 0.15) is 0 Å². The minimum Gasteiger partial charge on any atom is -0.481 e. The van der Waals surface area contributed by atoms with Crippen LogP contribution < -0.4 is 14.8 Å². The molecule has 0 aliphatic heterocycles. The van der Waals surface area contributed by atoms with Crippen LogP contribution >= 0.6 is 0 Å². The number of rotatable bonds is 4. The average Bonchev–Trinajstić information content (AvgIpc) is 2.85. The first-order valence-corrected chi connectivity index (χ1v) is 5.29. The van der Waals surface area contributed by atoms with Crippen LogP contribution in [0, 0.1) is 5.41 Å². The molecule has 88 valence electrons. The Morgan fingerprint density at radius 3 is 2.12 bits per heavy atom. The van der Waals surface area contributed by atoms with Crippen LogP contribution in [0.5, 0.6) is 11.8 Å². The lowest BCUT2D eigenvalue weighted by molar-refractivity contribution is 0.372. The van der Waals surface area contributed by atoms with E-state index in [9.17, 15) is 0 Å². The molecule has 0 radical (unpaired) electrons. The molecule has 0 saturated heterocycles. The van der Waals surface area contributed by atoms with Crippen molar-refractivity contribution in [1.29, 1.82) is 0 Å². The zero-order chi connectivity index (χ0) is 11.8. The van der Waals surface area contributed by atoms with Gasteiger partial charge in [-0.2, -0.15) is 9.97 Å². The third-order valence-electron chi connectivity index (χ3n) is 2.91. The third-order valence-corrected chi connectivity index (χ3v) is 2.91. The van der Waals surface area contributed by atoms with E-state index in [1.54, 1.807) is 20.3 Å². The van der Waals surface area contributed by atoms with Gasteiger partial charge < -0.3 is 14.8 Å². The molecule has 1 atom stereocenters. The Morgan fingerprint density at radius 1 is 1.25 bits per heavy atom. The van der Waals surface area contributed by atoms with E-state index in [0.717, 1.165) is 6.42 Å². The van der Waals surface area contributed by atoms with Crippen LogP contribution in [-0.2, 0) is 0 Å². The lowest BCUT2D eigenvalue weighted by Gasteiger charge is -2.09. The predicted molar refractivity (Wildman–Crippen MR) is 60.9 cm³/mol. The standard InChI is InChI=1S/C11H17N3O2/c1-11(2)6-7(11)12-10-13-8(15-3)5-9(14-10)16-4/h5,7H,6H2,1-4H3,(H,12,13,14). The number of ether oxygens (including phenoxy) is 2. The molecular weight excluding hydrogens is 206 g/mol. The van der Waals surface area contributed by atoms with Crippen molar-refractivity contribution in [2.45, 2.75) is 26.3 Å². The monoisotopic (exact) mass is 223 g/mol. The van der Waals surface area contributed by atoms with Crippen LogP contribution in [0.25, 0.3) is 0 Å². The Kier molecular flexibility index (Phi) is 2.61. The molecule has 1 aromatic rings. The highest BCUT2D eigenvalue weighted by molar-refractivity contribution is 5.37. The van der Waals surface area contributed by atoms with Crippen molar-refractivity contribution in [2.75, 3.05) is 19.5 Å². The smallest absolute Gasteiger partial charge is 0.229 e. The first-order valence-electron chi connectivity index (χ1n) is 5.29. The molecular formula is C11H17N3O2. The Balaban J connectivity index is 2.14. The molecule has 1 aliphatic carbocycles. The summed E-state index contributed by atoms with van der Waals surface area (Å²) in [4.78, 5) is 8.44. The van der Waals surface area contributed by atoms with Gasteiger partial charge in [-0.3, -0.25) is 0 Å². The van der Waals surface area contributed by atoms with Crippen molar-refractivity contribution in [3.05, 3.63) is 6.07 Å². The van der Waals surface area contributed by atoms with Crippen molar-refractivity contribution in [1.82, 2.24) is 9.97 Å². The van der Waals surface area contributed by atoms with Gasteiger partial charge in [0.25, 0.3) is 0 Å². The molecule has 1 saturated carbocycles. The molecule has 5 nitrogen and oxygen atoms in total. The normalized spacial score (nSPS) is 21.4. The van der Waals surface area contributed by atoms with E-state index in [2.05, 4.69) is 29.1 Å². The van der Waals surface area contributed by atoms with Crippen LogP contribution in [0.1, 0.15) is 20.3 Å². The van der Waals surface area contributed by atoms with E-state index in [0.29, 0.717) is 29.2 Å². The zero-order valence-electron chi connectivity index (χ0n) is 10.1. The fourth-order valence-corrected chi connectivity index (χ4v) is 1.55. The first kappa shape index (κ1) is 11.0. The summed E-state index contributed by atoms with van der Waals surface area (Å²) >= 11 is 0. The van der Waals surface area contributed by atoms with Gasteiger partial charge in [-0.25, -0.2) is 0 Å². The Hall–Kier alpha value is -1.52. The largest absolute Gasteiger partial charge is 0.481 e. The van der Waals surface area contributed by atoms with Gasteiger partial charge in [0.2, 0.25) is 17.7 Å². The van der Waals surface area contributed by atoms with Crippen molar-refractivity contribution < 1.29 is 9.47 Å². The summed E-state index contributed by atoms with van der Waals surface area (Å²) in [5, 5.41) is 3.27. The Labute approximate surface area is 95.2 Å². The maximum absolute atomic E-state index is 5.08. The molecule has 1 N–H and O–H groups in total. The van der Waals surface area contributed by atoms with Crippen LogP contribution in [0.4, 0.5) is 5.95 Å². The minimum absolute atomic E-state index is 0.333. The molecule has 1 unspecified atom stereocenters. The summed E-state index contributed by atoms with van der Waals surface area (Å²) in [6, 6.07) is 2.09. The Bertz CT molecular complexity index is 371. The van der Waals surface area contributed by atoms with Crippen LogP contribution in [0.3, 0.4) is 0 Å². The second-order valence-corrected chi connectivity index (χ2v) is 4.67. The molecule has 0 aromatic carbocycles. The molecule has 1 fully saturated rings. The molecule has 0 bridgehead atoms. The van der Waals surface area contributed by atoms with Gasteiger partial charge in [0, 0.05) is 6.04 Å². The number of nitrogens with one attached hydrogen (secondary N) is 1. The number of aromatic nitrogens is 2. The van der Waals surface area contributed by atoms with E-state index >= 15 is 0 Å². The topological polar surface area (TPSA) is 56.3 Å². The summed E-state index contributed by atoms with van der Waals surface area (Å²) in [5.41, 5.74) is 0.333. The van der Waals surface area contributed by atoms with Gasteiger partial charge in [0.05, 0.1) is 20.3 Å². The molecule has 1 aromatic heterocycles. The summed E-state index contributed by atoms with van der Waals surface area (Å²) in [6.45, 7) is 4.42. The average molecular weight is 223 g/mol. The molecule has 1 heterocycles. The van der Waals surface area contributed by atoms with Crippen LogP contribution in [-0.4, -0.2) is 30.2 Å². The van der Waals surface area contributed by atoms with Crippen molar-refractivity contribution in [2.24, 2.45) is 5.41 Å². The Morgan fingerprint density at radius 2 is 1.75 bits per heavy atom. The molecule has 16 heavy (non-hydrogen) atoms. The molecule has 5 heteroatoms. The van der Waals surface area contributed by atoms with E-state index in [1.165, 1.54) is 0 Å². The van der Waals surface area contributed by atoms with E-state index in [1.807, 2.05) is 0 Å². The lowest BCUT2D eigenvalue weighted by Crippen LogP contribution is -2.11. The first-order chi connectivity index (χ1) is 7.55.